The van der Waals surface area contributed by atoms with Crippen molar-refractivity contribution in [3.63, 3.8) is 0 Å². The Hall–Kier alpha value is -2.63. The van der Waals surface area contributed by atoms with E-state index in [1.54, 1.807) is 12.0 Å². The number of aromatic nitrogens is 2. The number of ether oxygens (including phenoxy) is 1. The summed E-state index contributed by atoms with van der Waals surface area (Å²) in [5.74, 6) is 0.576. The van der Waals surface area contributed by atoms with E-state index in [0.29, 0.717) is 13.1 Å². The van der Waals surface area contributed by atoms with Gasteiger partial charge in [-0.3, -0.25) is 9.59 Å². The smallest absolute Gasteiger partial charge is 0.274 e. The Kier molecular flexibility index (Phi) is 4.93. The Balaban J connectivity index is 2.17. The average Bonchev–Trinajstić information content (AvgIpc) is 2.55. The molecular formula is C16H19N3O3. The molecule has 2 aromatic rings. The second-order valence-electron chi connectivity index (χ2n) is 4.85. The molecule has 0 aliphatic heterocycles. The van der Waals surface area contributed by atoms with Crippen LogP contribution in [0.15, 0.2) is 41.2 Å². The molecule has 1 heterocycles. The number of nitrogens with zero attached hydrogens (tertiary/aromatic N) is 3. The normalized spacial score (nSPS) is 10.3. The molecule has 1 aromatic heterocycles. The van der Waals surface area contributed by atoms with Crippen molar-refractivity contribution in [2.24, 2.45) is 7.05 Å². The fourth-order valence-corrected chi connectivity index (χ4v) is 2.06. The Morgan fingerprint density at radius 3 is 2.45 bits per heavy atom. The number of carbonyl (C=O) groups excluding carboxylic acids is 1. The molecule has 0 saturated carbocycles. The Labute approximate surface area is 128 Å². The maximum absolute atomic E-state index is 12.5. The molecule has 0 fully saturated rings. The van der Waals surface area contributed by atoms with Gasteiger partial charge in [-0.05, 0) is 30.7 Å². The van der Waals surface area contributed by atoms with Crippen molar-refractivity contribution in [2.75, 3.05) is 13.7 Å². The molecule has 1 aromatic carbocycles. The number of carbonyl (C=O) groups is 1. The Morgan fingerprint density at radius 2 is 1.91 bits per heavy atom. The minimum atomic E-state index is -0.241. The second kappa shape index (κ2) is 6.89. The van der Waals surface area contributed by atoms with Crippen molar-refractivity contribution in [3.8, 4) is 5.75 Å². The third kappa shape index (κ3) is 3.52. The van der Waals surface area contributed by atoms with E-state index in [2.05, 4.69) is 5.10 Å². The number of hydrogen-bond donors (Lipinski definition) is 0. The zero-order valence-electron chi connectivity index (χ0n) is 12.9. The van der Waals surface area contributed by atoms with Gasteiger partial charge in [-0.2, -0.15) is 5.10 Å². The van der Waals surface area contributed by atoms with Gasteiger partial charge in [-0.1, -0.05) is 12.1 Å². The molecule has 0 aliphatic rings. The zero-order chi connectivity index (χ0) is 16.1. The van der Waals surface area contributed by atoms with Gasteiger partial charge in [0.25, 0.3) is 11.5 Å². The summed E-state index contributed by atoms with van der Waals surface area (Å²) in [6, 6.07) is 10.4. The highest BCUT2D eigenvalue weighted by Crippen LogP contribution is 2.14. The number of amides is 1. The molecule has 2 rings (SSSR count). The molecule has 0 saturated heterocycles. The van der Waals surface area contributed by atoms with Gasteiger partial charge in [-0.15, -0.1) is 0 Å². The van der Waals surface area contributed by atoms with E-state index in [4.69, 9.17) is 4.74 Å². The lowest BCUT2D eigenvalue weighted by Gasteiger charge is -2.20. The molecular weight excluding hydrogens is 282 g/mol. The van der Waals surface area contributed by atoms with E-state index in [1.807, 2.05) is 31.2 Å². The van der Waals surface area contributed by atoms with Crippen LogP contribution in [0.3, 0.4) is 0 Å². The van der Waals surface area contributed by atoms with E-state index >= 15 is 0 Å². The third-order valence-corrected chi connectivity index (χ3v) is 3.38. The van der Waals surface area contributed by atoms with Crippen molar-refractivity contribution < 1.29 is 9.53 Å². The lowest BCUT2D eigenvalue weighted by Crippen LogP contribution is -2.33. The molecule has 22 heavy (non-hydrogen) atoms. The molecule has 0 unspecified atom stereocenters. The van der Waals surface area contributed by atoms with E-state index in [0.717, 1.165) is 16.0 Å². The van der Waals surface area contributed by atoms with E-state index in [-0.39, 0.29) is 17.2 Å². The second-order valence-corrected chi connectivity index (χ2v) is 4.85. The Bertz CT molecular complexity index is 707. The molecule has 0 atom stereocenters. The van der Waals surface area contributed by atoms with Crippen LogP contribution in [0.5, 0.6) is 5.75 Å². The molecule has 0 bridgehead atoms. The average molecular weight is 301 g/mol. The zero-order valence-corrected chi connectivity index (χ0v) is 12.9. The molecule has 116 valence electrons. The third-order valence-electron chi connectivity index (χ3n) is 3.38. The topological polar surface area (TPSA) is 64.4 Å². The summed E-state index contributed by atoms with van der Waals surface area (Å²) in [7, 11) is 3.14. The summed E-state index contributed by atoms with van der Waals surface area (Å²) in [5, 5.41) is 4.00. The van der Waals surface area contributed by atoms with Crippen LogP contribution < -0.4 is 10.3 Å². The predicted octanol–water partition coefficient (Wildman–Crippen LogP) is 1.45. The van der Waals surface area contributed by atoms with Crippen LogP contribution in [0.1, 0.15) is 23.0 Å². The maximum Gasteiger partial charge on any atom is 0.274 e. The van der Waals surface area contributed by atoms with Gasteiger partial charge in [0.1, 0.15) is 11.4 Å². The molecule has 6 nitrogen and oxygen atoms in total. The SMILES string of the molecule is CCN(Cc1ccc(OC)cc1)C(=O)c1ccc(=O)n(C)n1. The van der Waals surface area contributed by atoms with Gasteiger partial charge in [0.05, 0.1) is 7.11 Å². The molecule has 0 N–H and O–H groups in total. The number of methoxy groups -OCH3 is 1. The van der Waals surface area contributed by atoms with Crippen molar-refractivity contribution in [2.45, 2.75) is 13.5 Å². The van der Waals surface area contributed by atoms with Crippen LogP contribution in [-0.4, -0.2) is 34.2 Å². The van der Waals surface area contributed by atoms with E-state index in [9.17, 15) is 9.59 Å². The summed E-state index contributed by atoms with van der Waals surface area (Å²) in [6.45, 7) is 2.93. The minimum Gasteiger partial charge on any atom is -0.497 e. The fraction of sp³-hybridized carbons (Fsp3) is 0.312. The monoisotopic (exact) mass is 301 g/mol. The standard InChI is InChI=1S/C16H19N3O3/c1-4-19(11-12-5-7-13(22-3)8-6-12)16(21)14-9-10-15(20)18(2)17-14/h5-10H,4,11H2,1-3H3. The van der Waals surface area contributed by atoms with Crippen LogP contribution in [0.25, 0.3) is 0 Å². The quantitative estimate of drug-likeness (QED) is 0.838. The van der Waals surface area contributed by atoms with Gasteiger partial charge < -0.3 is 9.64 Å². The molecule has 1 amide bonds. The molecule has 0 radical (unpaired) electrons. The largest absolute Gasteiger partial charge is 0.497 e. The van der Waals surface area contributed by atoms with Crippen molar-refractivity contribution in [3.05, 3.63) is 58.0 Å². The van der Waals surface area contributed by atoms with Gasteiger partial charge in [0.15, 0.2) is 0 Å². The van der Waals surface area contributed by atoms with Crippen molar-refractivity contribution in [1.29, 1.82) is 0 Å². The lowest BCUT2D eigenvalue weighted by molar-refractivity contribution is 0.0744. The first-order valence-electron chi connectivity index (χ1n) is 7.01. The number of aryl methyl sites for hydroxylation is 1. The molecule has 6 heteroatoms. The van der Waals surface area contributed by atoms with Crippen LogP contribution in [0.4, 0.5) is 0 Å². The summed E-state index contributed by atoms with van der Waals surface area (Å²) < 4.78 is 6.28. The molecule has 0 spiro atoms. The molecule has 0 aliphatic carbocycles. The number of rotatable bonds is 5. The fourth-order valence-electron chi connectivity index (χ4n) is 2.06. The first-order chi connectivity index (χ1) is 10.5. The van der Waals surface area contributed by atoms with E-state index in [1.165, 1.54) is 19.2 Å². The van der Waals surface area contributed by atoms with Crippen LogP contribution in [-0.2, 0) is 13.6 Å². The highest BCUT2D eigenvalue weighted by Gasteiger charge is 2.16. The first-order valence-corrected chi connectivity index (χ1v) is 7.01. The minimum absolute atomic E-state index is 0.200. The van der Waals surface area contributed by atoms with Gasteiger partial charge in [0.2, 0.25) is 0 Å². The van der Waals surface area contributed by atoms with Crippen LogP contribution >= 0.6 is 0 Å². The van der Waals surface area contributed by atoms with Crippen molar-refractivity contribution >= 4 is 5.91 Å². The highest BCUT2D eigenvalue weighted by molar-refractivity contribution is 5.92. The highest BCUT2D eigenvalue weighted by atomic mass is 16.5. The van der Waals surface area contributed by atoms with Crippen molar-refractivity contribution in [1.82, 2.24) is 14.7 Å². The summed E-state index contributed by atoms with van der Waals surface area (Å²) in [6.07, 6.45) is 0. The van der Waals surface area contributed by atoms with Gasteiger partial charge >= 0.3 is 0 Å². The first kappa shape index (κ1) is 15.8. The van der Waals surface area contributed by atoms with Gasteiger partial charge in [-0.25, -0.2) is 4.68 Å². The predicted molar refractivity (Wildman–Crippen MR) is 82.9 cm³/mol. The summed E-state index contributed by atoms with van der Waals surface area (Å²) >= 11 is 0. The number of benzene rings is 1. The maximum atomic E-state index is 12.5. The van der Waals surface area contributed by atoms with Gasteiger partial charge in [0, 0.05) is 26.2 Å². The summed E-state index contributed by atoms with van der Waals surface area (Å²) in [5.41, 5.74) is 1.02. The van der Waals surface area contributed by atoms with Crippen LogP contribution in [0, 0.1) is 0 Å². The van der Waals surface area contributed by atoms with Crippen LogP contribution in [0.2, 0.25) is 0 Å². The Morgan fingerprint density at radius 1 is 1.23 bits per heavy atom. The number of hydrogen-bond acceptors (Lipinski definition) is 4. The summed E-state index contributed by atoms with van der Waals surface area (Å²) in [4.78, 5) is 25.5. The van der Waals surface area contributed by atoms with E-state index < -0.39 is 0 Å². The lowest BCUT2D eigenvalue weighted by atomic mass is 10.2.